The molecular weight excluding hydrogens is 336 g/mol. The Balaban J connectivity index is 2.01. The zero-order chi connectivity index (χ0) is 15.2. The minimum absolute atomic E-state index is 0.199. The summed E-state index contributed by atoms with van der Waals surface area (Å²) < 4.78 is 11.0. The summed E-state index contributed by atoms with van der Waals surface area (Å²) in [7, 11) is 0. The van der Waals surface area contributed by atoms with E-state index in [0.717, 1.165) is 11.3 Å². The Hall–Kier alpha value is -2.08. The van der Waals surface area contributed by atoms with E-state index in [1.165, 1.54) is 0 Å². The van der Waals surface area contributed by atoms with E-state index in [1.54, 1.807) is 12.1 Å². The van der Waals surface area contributed by atoms with Gasteiger partial charge in [0.25, 0.3) is 0 Å². The third-order valence-corrected chi connectivity index (χ3v) is 3.13. The first kappa shape index (κ1) is 15.3. The Kier molecular flexibility index (Phi) is 5.16. The van der Waals surface area contributed by atoms with E-state index in [1.807, 2.05) is 38.1 Å². The summed E-state index contributed by atoms with van der Waals surface area (Å²) in [5.41, 5.74) is 4.05. The summed E-state index contributed by atoms with van der Waals surface area (Å²) in [6.45, 7) is 4.37. The number of nitrogens with one attached hydrogen (secondary N) is 1. The number of rotatable bonds is 5. The van der Waals surface area contributed by atoms with Gasteiger partial charge in [0.15, 0.2) is 10.4 Å². The number of benzene rings is 1. The minimum Gasteiger partial charge on any atom is -0.494 e. The molecular formula is C15H15BrN2O3. The molecule has 0 bridgehead atoms. The zero-order valence-electron chi connectivity index (χ0n) is 11.7. The Morgan fingerprint density at radius 1 is 1.29 bits per heavy atom. The van der Waals surface area contributed by atoms with Gasteiger partial charge in [0.1, 0.15) is 5.75 Å². The van der Waals surface area contributed by atoms with E-state index in [4.69, 9.17) is 9.15 Å². The second-order valence-corrected chi connectivity index (χ2v) is 4.98. The van der Waals surface area contributed by atoms with Crippen molar-refractivity contribution >= 4 is 27.5 Å². The van der Waals surface area contributed by atoms with Crippen LogP contribution in [-0.2, 0) is 0 Å². The molecule has 0 atom stereocenters. The molecule has 110 valence electrons. The van der Waals surface area contributed by atoms with Crippen LogP contribution in [0.3, 0.4) is 0 Å². The first-order valence-corrected chi connectivity index (χ1v) is 7.22. The maximum Gasteiger partial charge on any atom is 0.307 e. The van der Waals surface area contributed by atoms with Gasteiger partial charge in [0.05, 0.1) is 12.3 Å². The first-order valence-electron chi connectivity index (χ1n) is 6.43. The van der Waals surface area contributed by atoms with Gasteiger partial charge >= 0.3 is 5.91 Å². The van der Waals surface area contributed by atoms with Gasteiger partial charge in [0.2, 0.25) is 0 Å². The number of carbonyl (C=O) groups excluding carboxylic acids is 1. The fraction of sp³-hybridized carbons (Fsp3) is 0.200. The predicted octanol–water partition coefficient (Wildman–Crippen LogP) is 3.59. The molecule has 0 aliphatic heterocycles. The molecule has 0 unspecified atom stereocenters. The molecule has 0 saturated carbocycles. The number of hydrazone groups is 1. The lowest BCUT2D eigenvalue weighted by Gasteiger charge is -2.05. The van der Waals surface area contributed by atoms with Gasteiger partial charge < -0.3 is 9.15 Å². The first-order chi connectivity index (χ1) is 10.1. The average Bonchev–Trinajstić information content (AvgIpc) is 2.92. The molecule has 0 aliphatic rings. The van der Waals surface area contributed by atoms with E-state index in [2.05, 4.69) is 26.5 Å². The van der Waals surface area contributed by atoms with E-state index in [0.29, 0.717) is 17.0 Å². The van der Waals surface area contributed by atoms with Crippen molar-refractivity contribution in [2.45, 2.75) is 13.8 Å². The quantitative estimate of drug-likeness (QED) is 0.661. The maximum absolute atomic E-state index is 11.8. The minimum atomic E-state index is -0.397. The van der Waals surface area contributed by atoms with Crippen LogP contribution in [0.5, 0.6) is 5.75 Å². The number of furan rings is 1. The van der Waals surface area contributed by atoms with Crippen molar-refractivity contribution in [1.29, 1.82) is 0 Å². The van der Waals surface area contributed by atoms with Crippen molar-refractivity contribution in [3.05, 3.63) is 52.4 Å². The summed E-state index contributed by atoms with van der Waals surface area (Å²) in [6.07, 6.45) is 0. The van der Waals surface area contributed by atoms with Crippen LogP contribution in [0.15, 0.2) is 50.6 Å². The molecule has 5 nitrogen and oxygen atoms in total. The Morgan fingerprint density at radius 3 is 2.57 bits per heavy atom. The van der Waals surface area contributed by atoms with Gasteiger partial charge in [-0.15, -0.1) is 0 Å². The van der Waals surface area contributed by atoms with Gasteiger partial charge in [-0.3, -0.25) is 4.79 Å². The highest BCUT2D eigenvalue weighted by atomic mass is 79.9. The molecule has 0 aliphatic carbocycles. The third kappa shape index (κ3) is 4.19. The lowest BCUT2D eigenvalue weighted by Crippen LogP contribution is -2.18. The molecule has 0 spiro atoms. The Morgan fingerprint density at radius 2 is 2.00 bits per heavy atom. The maximum atomic E-state index is 11.8. The molecule has 2 rings (SSSR count). The third-order valence-electron chi connectivity index (χ3n) is 2.71. The lowest BCUT2D eigenvalue weighted by molar-refractivity contribution is 0.0926. The smallest absolute Gasteiger partial charge is 0.307 e. The van der Waals surface area contributed by atoms with Gasteiger partial charge in [0, 0.05) is 0 Å². The number of halogens is 1. The molecule has 0 fully saturated rings. The fourth-order valence-corrected chi connectivity index (χ4v) is 1.96. The van der Waals surface area contributed by atoms with Gasteiger partial charge in [-0.2, -0.15) is 5.10 Å². The van der Waals surface area contributed by atoms with Crippen molar-refractivity contribution in [1.82, 2.24) is 5.43 Å². The van der Waals surface area contributed by atoms with Crippen LogP contribution in [0.2, 0.25) is 0 Å². The van der Waals surface area contributed by atoms with E-state index >= 15 is 0 Å². The average molecular weight is 351 g/mol. The van der Waals surface area contributed by atoms with Gasteiger partial charge in [-0.1, -0.05) is 0 Å². The zero-order valence-corrected chi connectivity index (χ0v) is 13.3. The molecule has 1 amide bonds. The number of nitrogens with zero attached hydrogens (tertiary/aromatic N) is 1. The summed E-state index contributed by atoms with van der Waals surface area (Å²) in [4.78, 5) is 11.8. The van der Waals surface area contributed by atoms with Crippen LogP contribution in [0.4, 0.5) is 0 Å². The van der Waals surface area contributed by atoms with Crippen molar-refractivity contribution in [3.8, 4) is 5.75 Å². The van der Waals surface area contributed by atoms with E-state index in [9.17, 15) is 4.79 Å². The molecule has 1 aromatic heterocycles. The molecule has 6 heteroatoms. The highest BCUT2D eigenvalue weighted by Gasteiger charge is 2.09. The largest absolute Gasteiger partial charge is 0.494 e. The number of ether oxygens (including phenoxy) is 1. The highest BCUT2D eigenvalue weighted by Crippen LogP contribution is 2.14. The molecule has 0 saturated heterocycles. The summed E-state index contributed by atoms with van der Waals surface area (Å²) in [5, 5.41) is 4.06. The molecule has 1 heterocycles. The monoisotopic (exact) mass is 350 g/mol. The molecule has 0 radical (unpaired) electrons. The normalized spacial score (nSPS) is 11.3. The van der Waals surface area contributed by atoms with Crippen molar-refractivity contribution in [3.63, 3.8) is 0 Å². The number of amides is 1. The lowest BCUT2D eigenvalue weighted by atomic mass is 10.1. The number of hydrogen-bond acceptors (Lipinski definition) is 4. The van der Waals surface area contributed by atoms with Gasteiger partial charge in [-0.05, 0) is 71.7 Å². The molecule has 2 aromatic rings. The summed E-state index contributed by atoms with van der Waals surface area (Å²) in [5.74, 6) is 0.606. The second kappa shape index (κ2) is 7.08. The van der Waals surface area contributed by atoms with Gasteiger partial charge in [-0.25, -0.2) is 5.43 Å². The summed E-state index contributed by atoms with van der Waals surface area (Å²) >= 11 is 3.14. The fourth-order valence-electron chi connectivity index (χ4n) is 1.65. The molecule has 1 aromatic carbocycles. The Bertz CT molecular complexity index is 647. The second-order valence-electron chi connectivity index (χ2n) is 4.20. The van der Waals surface area contributed by atoms with E-state index < -0.39 is 5.91 Å². The van der Waals surface area contributed by atoms with Crippen LogP contribution in [-0.4, -0.2) is 18.2 Å². The van der Waals surface area contributed by atoms with Crippen LogP contribution in [0.25, 0.3) is 0 Å². The topological polar surface area (TPSA) is 63.8 Å². The summed E-state index contributed by atoms with van der Waals surface area (Å²) in [6, 6.07) is 10.7. The SMILES string of the molecule is CCOc1ccc(/C(C)=N\NC(=O)c2ccc(Br)o2)cc1. The Labute approximate surface area is 131 Å². The highest BCUT2D eigenvalue weighted by molar-refractivity contribution is 9.10. The van der Waals surface area contributed by atoms with E-state index in [-0.39, 0.29) is 5.76 Å². The van der Waals surface area contributed by atoms with Crippen molar-refractivity contribution in [2.24, 2.45) is 5.10 Å². The standard InChI is InChI=1S/C15H15BrN2O3/c1-3-20-12-6-4-11(5-7-12)10(2)17-18-15(19)13-8-9-14(16)21-13/h4-9H,3H2,1-2H3,(H,18,19)/b17-10-. The number of hydrogen-bond donors (Lipinski definition) is 1. The van der Waals surface area contributed by atoms with Crippen LogP contribution >= 0.6 is 15.9 Å². The van der Waals surface area contributed by atoms with Crippen molar-refractivity contribution in [2.75, 3.05) is 6.61 Å². The van der Waals surface area contributed by atoms with Crippen LogP contribution < -0.4 is 10.2 Å². The number of carbonyl (C=O) groups is 1. The van der Waals surface area contributed by atoms with Crippen LogP contribution in [0.1, 0.15) is 30.0 Å². The molecule has 21 heavy (non-hydrogen) atoms. The van der Waals surface area contributed by atoms with Crippen molar-refractivity contribution < 1.29 is 13.9 Å². The van der Waals surface area contributed by atoms with Crippen LogP contribution in [0, 0.1) is 0 Å². The molecule has 1 N–H and O–H groups in total. The predicted molar refractivity (Wildman–Crippen MR) is 83.7 cm³/mol.